The van der Waals surface area contributed by atoms with Crippen molar-refractivity contribution in [1.82, 2.24) is 15.6 Å². The molecule has 0 aliphatic rings. The van der Waals surface area contributed by atoms with Gasteiger partial charge in [-0.1, -0.05) is 20.8 Å². The molecule has 126 valence electrons. The number of ether oxygens (including phenoxy) is 1. The minimum Gasteiger partial charge on any atom is -0.380 e. The van der Waals surface area contributed by atoms with Gasteiger partial charge in [0.15, 0.2) is 5.96 Å². The maximum absolute atomic E-state index is 5.60. The molecule has 5 nitrogen and oxygen atoms in total. The summed E-state index contributed by atoms with van der Waals surface area (Å²) in [7, 11) is 0. The van der Waals surface area contributed by atoms with Crippen molar-refractivity contribution in [2.24, 2.45) is 10.9 Å². The van der Waals surface area contributed by atoms with Crippen LogP contribution in [-0.4, -0.2) is 37.2 Å². The van der Waals surface area contributed by atoms with Gasteiger partial charge in [-0.05, 0) is 25.7 Å². The minimum atomic E-state index is 0.619. The third kappa shape index (κ3) is 8.34. The van der Waals surface area contributed by atoms with Crippen molar-refractivity contribution in [2.75, 3.05) is 26.3 Å². The topological polar surface area (TPSA) is 58.5 Å². The highest BCUT2D eigenvalue weighted by molar-refractivity contribution is 7.11. The molecule has 0 unspecified atom stereocenters. The number of hydrogen-bond acceptors (Lipinski definition) is 4. The Hall–Kier alpha value is -1.14. The van der Waals surface area contributed by atoms with Crippen LogP contribution < -0.4 is 10.6 Å². The lowest BCUT2D eigenvalue weighted by atomic mass is 10.1. The summed E-state index contributed by atoms with van der Waals surface area (Å²) in [5, 5.41) is 7.59. The molecule has 0 saturated carbocycles. The monoisotopic (exact) mass is 326 g/mol. The summed E-state index contributed by atoms with van der Waals surface area (Å²) in [6.07, 6.45) is 4.09. The molecule has 22 heavy (non-hydrogen) atoms. The molecule has 0 fully saturated rings. The molecule has 6 heteroatoms. The Labute approximate surface area is 138 Å². The van der Waals surface area contributed by atoms with Crippen molar-refractivity contribution >= 4 is 17.3 Å². The lowest BCUT2D eigenvalue weighted by molar-refractivity contribution is 0.128. The summed E-state index contributed by atoms with van der Waals surface area (Å²) in [6, 6.07) is 0. The quantitative estimate of drug-likeness (QED) is 0.394. The van der Waals surface area contributed by atoms with Gasteiger partial charge in [0, 0.05) is 30.8 Å². The van der Waals surface area contributed by atoms with Crippen molar-refractivity contribution in [2.45, 2.75) is 47.1 Å². The number of hydrogen-bond donors (Lipinski definition) is 2. The smallest absolute Gasteiger partial charge is 0.191 e. The van der Waals surface area contributed by atoms with E-state index in [1.165, 1.54) is 4.88 Å². The fourth-order valence-electron chi connectivity index (χ4n) is 1.74. The Kier molecular flexibility index (Phi) is 9.82. The normalized spacial score (nSPS) is 12.0. The average Bonchev–Trinajstić information content (AvgIpc) is 2.96. The van der Waals surface area contributed by atoms with Crippen molar-refractivity contribution in [3.05, 3.63) is 16.1 Å². The molecule has 0 aromatic carbocycles. The molecule has 0 spiro atoms. The Balaban J connectivity index is 2.29. The first kappa shape index (κ1) is 18.9. The summed E-state index contributed by atoms with van der Waals surface area (Å²) in [6.45, 7) is 12.4. The van der Waals surface area contributed by atoms with Crippen molar-refractivity contribution in [1.29, 1.82) is 0 Å². The minimum absolute atomic E-state index is 0.619. The van der Waals surface area contributed by atoms with Gasteiger partial charge in [-0.2, -0.15) is 0 Å². The predicted octanol–water partition coefficient (Wildman–Crippen LogP) is 2.82. The number of aliphatic imine (C=N–C) groups is 1. The van der Waals surface area contributed by atoms with E-state index in [1.54, 1.807) is 11.3 Å². The molecule has 1 heterocycles. The summed E-state index contributed by atoms with van der Waals surface area (Å²) in [4.78, 5) is 10.3. The Bertz CT molecular complexity index is 432. The number of aryl methyl sites for hydroxylation is 1. The number of nitrogens with one attached hydrogen (secondary N) is 2. The summed E-state index contributed by atoms with van der Waals surface area (Å²) < 4.78 is 5.60. The molecule has 0 aliphatic heterocycles. The number of rotatable bonds is 10. The highest BCUT2D eigenvalue weighted by Gasteiger charge is 2.01. The van der Waals surface area contributed by atoms with Crippen LogP contribution >= 0.6 is 11.3 Å². The maximum atomic E-state index is 5.60. The van der Waals surface area contributed by atoms with Gasteiger partial charge in [0.05, 0.1) is 13.2 Å². The van der Waals surface area contributed by atoms with E-state index >= 15 is 0 Å². The van der Waals surface area contributed by atoms with E-state index in [-0.39, 0.29) is 0 Å². The third-order valence-electron chi connectivity index (χ3n) is 3.04. The number of nitrogens with zero attached hydrogens (tertiary/aromatic N) is 2. The van der Waals surface area contributed by atoms with Gasteiger partial charge in [-0.15, -0.1) is 11.3 Å². The fraction of sp³-hybridized carbons (Fsp3) is 0.750. The van der Waals surface area contributed by atoms with E-state index < -0.39 is 0 Å². The van der Waals surface area contributed by atoms with Gasteiger partial charge < -0.3 is 15.4 Å². The number of guanidine groups is 1. The van der Waals surface area contributed by atoms with E-state index in [4.69, 9.17) is 4.74 Å². The maximum Gasteiger partial charge on any atom is 0.191 e. The van der Waals surface area contributed by atoms with Crippen LogP contribution in [-0.2, 0) is 17.7 Å². The Morgan fingerprint density at radius 3 is 2.77 bits per heavy atom. The lowest BCUT2D eigenvalue weighted by Crippen LogP contribution is -2.39. The van der Waals surface area contributed by atoms with Crippen molar-refractivity contribution in [3.63, 3.8) is 0 Å². The average molecular weight is 327 g/mol. The molecule has 0 radical (unpaired) electrons. The zero-order chi connectivity index (χ0) is 16.2. The predicted molar refractivity (Wildman–Crippen MR) is 94.6 cm³/mol. The van der Waals surface area contributed by atoms with Crippen LogP contribution in [0, 0.1) is 5.92 Å². The highest BCUT2D eigenvalue weighted by atomic mass is 32.1. The molecule has 1 rings (SSSR count). The molecular weight excluding hydrogens is 296 g/mol. The SMILES string of the molecule is CCNC(=NCc1ncc(CC)s1)NCCOCCC(C)C. The van der Waals surface area contributed by atoms with E-state index in [9.17, 15) is 0 Å². The van der Waals surface area contributed by atoms with E-state index in [0.29, 0.717) is 19.1 Å². The second kappa shape index (κ2) is 11.4. The van der Waals surface area contributed by atoms with Crippen molar-refractivity contribution in [3.8, 4) is 0 Å². The molecule has 0 atom stereocenters. The Morgan fingerprint density at radius 2 is 2.14 bits per heavy atom. The molecule has 0 bridgehead atoms. The molecule has 2 N–H and O–H groups in total. The number of aromatic nitrogens is 1. The standard InChI is InChI=1S/C16H30N4OS/c1-5-14-11-19-15(22-14)12-20-16(17-6-2)18-8-10-21-9-7-13(3)4/h11,13H,5-10,12H2,1-4H3,(H2,17,18,20). The lowest BCUT2D eigenvalue weighted by Gasteiger charge is -2.11. The van der Waals surface area contributed by atoms with Gasteiger partial charge in [0.1, 0.15) is 5.01 Å². The van der Waals surface area contributed by atoms with Gasteiger partial charge in [0.25, 0.3) is 0 Å². The summed E-state index contributed by atoms with van der Waals surface area (Å²) in [5.74, 6) is 1.52. The van der Waals surface area contributed by atoms with Crippen LogP contribution in [0.1, 0.15) is 44.0 Å². The van der Waals surface area contributed by atoms with Crippen LogP contribution in [0.4, 0.5) is 0 Å². The highest BCUT2D eigenvalue weighted by Crippen LogP contribution is 2.13. The summed E-state index contributed by atoms with van der Waals surface area (Å²) in [5.41, 5.74) is 0. The second-order valence-electron chi connectivity index (χ2n) is 5.49. The van der Waals surface area contributed by atoms with Crippen LogP contribution in [0.2, 0.25) is 0 Å². The zero-order valence-electron chi connectivity index (χ0n) is 14.3. The third-order valence-corrected chi connectivity index (χ3v) is 4.17. The van der Waals surface area contributed by atoms with E-state index in [2.05, 4.69) is 48.3 Å². The fourth-order valence-corrected chi connectivity index (χ4v) is 2.52. The molecule has 0 saturated heterocycles. The molecule has 0 amide bonds. The number of thiazole rings is 1. The van der Waals surface area contributed by atoms with Gasteiger partial charge >= 0.3 is 0 Å². The first-order valence-corrected chi connectivity index (χ1v) is 9.00. The second-order valence-corrected chi connectivity index (χ2v) is 6.69. The molecular formula is C16H30N4OS. The van der Waals surface area contributed by atoms with E-state index in [0.717, 1.165) is 43.5 Å². The van der Waals surface area contributed by atoms with Crippen LogP contribution in [0.25, 0.3) is 0 Å². The van der Waals surface area contributed by atoms with Crippen molar-refractivity contribution < 1.29 is 4.74 Å². The van der Waals surface area contributed by atoms with Gasteiger partial charge in [0.2, 0.25) is 0 Å². The molecule has 0 aliphatic carbocycles. The van der Waals surface area contributed by atoms with Gasteiger partial charge in [-0.3, -0.25) is 0 Å². The van der Waals surface area contributed by atoms with Crippen LogP contribution in [0.3, 0.4) is 0 Å². The van der Waals surface area contributed by atoms with E-state index in [1.807, 2.05) is 6.20 Å². The Morgan fingerprint density at radius 1 is 1.32 bits per heavy atom. The van der Waals surface area contributed by atoms with Gasteiger partial charge in [-0.25, -0.2) is 9.98 Å². The molecule has 1 aromatic heterocycles. The first-order chi connectivity index (χ1) is 10.7. The largest absolute Gasteiger partial charge is 0.380 e. The first-order valence-electron chi connectivity index (χ1n) is 8.19. The molecule has 1 aromatic rings. The van der Waals surface area contributed by atoms with Crippen LogP contribution in [0.15, 0.2) is 11.2 Å². The van der Waals surface area contributed by atoms with Crippen LogP contribution in [0.5, 0.6) is 0 Å². The zero-order valence-corrected chi connectivity index (χ0v) is 15.1. The summed E-state index contributed by atoms with van der Waals surface area (Å²) >= 11 is 1.73.